The summed E-state index contributed by atoms with van der Waals surface area (Å²) in [4.78, 5) is 23.3. The lowest BCUT2D eigenvalue weighted by Gasteiger charge is -2.07. The van der Waals surface area contributed by atoms with Gasteiger partial charge in [-0.05, 0) is 44.2 Å². The van der Waals surface area contributed by atoms with Crippen LogP contribution in [-0.2, 0) is 9.53 Å². The summed E-state index contributed by atoms with van der Waals surface area (Å²) in [6, 6.07) is 6.81. The molecule has 116 valence electrons. The topological polar surface area (TPSA) is 79.5 Å². The molecule has 0 aliphatic heterocycles. The second kappa shape index (κ2) is 9.90. The molecule has 3 N–H and O–H groups in total. The Hall–Kier alpha value is -1.92. The van der Waals surface area contributed by atoms with Gasteiger partial charge in [0.15, 0.2) is 0 Å². The Balaban J connectivity index is 2.34. The van der Waals surface area contributed by atoms with Crippen molar-refractivity contribution in [3.8, 4) is 0 Å². The quantitative estimate of drug-likeness (QED) is 0.594. The fourth-order valence-corrected chi connectivity index (χ4v) is 1.72. The van der Waals surface area contributed by atoms with Gasteiger partial charge < -0.3 is 20.7 Å². The molecule has 0 aliphatic carbocycles. The van der Waals surface area contributed by atoms with Gasteiger partial charge in [-0.3, -0.25) is 9.59 Å². The molecule has 1 rings (SSSR count). The van der Waals surface area contributed by atoms with Gasteiger partial charge in [0.1, 0.15) is 0 Å². The number of methoxy groups -OCH3 is 1. The van der Waals surface area contributed by atoms with E-state index in [1.807, 2.05) is 6.92 Å². The number of amides is 2. The molecule has 0 saturated heterocycles. The third-order valence-corrected chi connectivity index (χ3v) is 2.76. The summed E-state index contributed by atoms with van der Waals surface area (Å²) >= 11 is 0. The van der Waals surface area contributed by atoms with E-state index in [4.69, 9.17) is 4.74 Å². The summed E-state index contributed by atoms with van der Waals surface area (Å²) in [6.07, 6.45) is 0.866. The Morgan fingerprint density at radius 2 is 1.90 bits per heavy atom. The summed E-state index contributed by atoms with van der Waals surface area (Å²) < 4.78 is 4.92. The van der Waals surface area contributed by atoms with Crippen molar-refractivity contribution in [1.29, 1.82) is 0 Å². The van der Waals surface area contributed by atoms with Crippen molar-refractivity contribution in [3.63, 3.8) is 0 Å². The SMILES string of the molecule is CCNC(=O)c1ccc(NC(=O)CNCCCOC)cc1. The Morgan fingerprint density at radius 3 is 2.52 bits per heavy atom. The van der Waals surface area contributed by atoms with E-state index in [-0.39, 0.29) is 18.4 Å². The lowest BCUT2D eigenvalue weighted by Crippen LogP contribution is -2.29. The molecule has 0 atom stereocenters. The maximum Gasteiger partial charge on any atom is 0.251 e. The van der Waals surface area contributed by atoms with Crippen LogP contribution in [0, 0.1) is 0 Å². The monoisotopic (exact) mass is 293 g/mol. The van der Waals surface area contributed by atoms with Crippen LogP contribution in [0.15, 0.2) is 24.3 Å². The van der Waals surface area contributed by atoms with Crippen molar-refractivity contribution in [3.05, 3.63) is 29.8 Å². The van der Waals surface area contributed by atoms with E-state index in [9.17, 15) is 9.59 Å². The van der Waals surface area contributed by atoms with E-state index >= 15 is 0 Å². The minimum atomic E-state index is -0.116. The predicted molar refractivity (Wildman–Crippen MR) is 82.4 cm³/mol. The largest absolute Gasteiger partial charge is 0.385 e. The predicted octanol–water partition coefficient (Wildman–Crippen LogP) is 1.00. The van der Waals surface area contributed by atoms with Gasteiger partial charge in [0.25, 0.3) is 5.91 Å². The molecule has 2 amide bonds. The number of rotatable bonds is 9. The summed E-state index contributed by atoms with van der Waals surface area (Å²) in [5.41, 5.74) is 1.25. The third-order valence-electron chi connectivity index (χ3n) is 2.76. The Kier molecular flexibility index (Phi) is 8.08. The van der Waals surface area contributed by atoms with E-state index in [1.54, 1.807) is 31.4 Å². The highest BCUT2D eigenvalue weighted by Crippen LogP contribution is 2.09. The standard InChI is InChI=1S/C15H23N3O3/c1-3-17-15(20)12-5-7-13(8-6-12)18-14(19)11-16-9-4-10-21-2/h5-8,16H,3-4,9-11H2,1-2H3,(H,17,20)(H,18,19). The first-order valence-corrected chi connectivity index (χ1v) is 7.05. The van der Waals surface area contributed by atoms with Crippen LogP contribution in [-0.4, -0.2) is 45.2 Å². The highest BCUT2D eigenvalue weighted by molar-refractivity contribution is 5.96. The number of benzene rings is 1. The van der Waals surface area contributed by atoms with Crippen LogP contribution in [0.3, 0.4) is 0 Å². The van der Waals surface area contributed by atoms with Gasteiger partial charge in [-0.25, -0.2) is 0 Å². The molecule has 0 heterocycles. The summed E-state index contributed by atoms with van der Waals surface area (Å²) in [6.45, 7) is 4.12. The van der Waals surface area contributed by atoms with Gasteiger partial charge in [0.05, 0.1) is 6.54 Å². The first-order chi connectivity index (χ1) is 10.2. The van der Waals surface area contributed by atoms with E-state index in [0.717, 1.165) is 13.0 Å². The highest BCUT2D eigenvalue weighted by atomic mass is 16.5. The molecule has 6 heteroatoms. The molecule has 1 aromatic carbocycles. The molecule has 0 saturated carbocycles. The highest BCUT2D eigenvalue weighted by Gasteiger charge is 2.05. The molecule has 21 heavy (non-hydrogen) atoms. The molecule has 6 nitrogen and oxygen atoms in total. The summed E-state index contributed by atoms with van der Waals surface area (Å²) in [5, 5.41) is 8.52. The molecule has 0 radical (unpaired) electrons. The molecule has 0 aliphatic rings. The van der Waals surface area contributed by atoms with E-state index in [0.29, 0.717) is 24.4 Å². The summed E-state index contributed by atoms with van der Waals surface area (Å²) in [7, 11) is 1.65. The third kappa shape index (κ3) is 6.87. The van der Waals surface area contributed by atoms with Gasteiger partial charge in [0.2, 0.25) is 5.91 Å². The molecular weight excluding hydrogens is 270 g/mol. The van der Waals surface area contributed by atoms with Crippen LogP contribution in [0.2, 0.25) is 0 Å². The normalized spacial score (nSPS) is 10.2. The minimum absolute atomic E-state index is 0.113. The zero-order valence-electron chi connectivity index (χ0n) is 12.6. The number of carbonyl (C=O) groups is 2. The molecule has 1 aromatic rings. The molecule has 0 spiro atoms. The maximum atomic E-state index is 11.7. The molecule has 0 fully saturated rings. The average Bonchev–Trinajstić information content (AvgIpc) is 2.48. The molecule has 0 aromatic heterocycles. The van der Waals surface area contributed by atoms with Crippen molar-refractivity contribution >= 4 is 17.5 Å². The number of carbonyl (C=O) groups excluding carboxylic acids is 2. The molecule has 0 unspecified atom stereocenters. The van der Waals surface area contributed by atoms with E-state index in [2.05, 4.69) is 16.0 Å². The van der Waals surface area contributed by atoms with E-state index < -0.39 is 0 Å². The van der Waals surface area contributed by atoms with E-state index in [1.165, 1.54) is 0 Å². The second-order valence-electron chi connectivity index (χ2n) is 4.51. The van der Waals surface area contributed by atoms with Gasteiger partial charge in [-0.2, -0.15) is 0 Å². The van der Waals surface area contributed by atoms with Crippen molar-refractivity contribution in [2.75, 3.05) is 38.7 Å². The van der Waals surface area contributed by atoms with Crippen molar-refractivity contribution in [2.24, 2.45) is 0 Å². The van der Waals surface area contributed by atoms with Crippen molar-refractivity contribution in [1.82, 2.24) is 10.6 Å². The maximum absolute atomic E-state index is 11.7. The first-order valence-electron chi connectivity index (χ1n) is 7.05. The minimum Gasteiger partial charge on any atom is -0.385 e. The number of nitrogens with one attached hydrogen (secondary N) is 3. The first kappa shape index (κ1) is 17.1. The lowest BCUT2D eigenvalue weighted by molar-refractivity contribution is -0.115. The van der Waals surface area contributed by atoms with Crippen LogP contribution in [0.5, 0.6) is 0 Å². The van der Waals surface area contributed by atoms with Gasteiger partial charge in [-0.15, -0.1) is 0 Å². The molecule has 0 bridgehead atoms. The average molecular weight is 293 g/mol. The van der Waals surface area contributed by atoms with Crippen LogP contribution < -0.4 is 16.0 Å². The van der Waals surface area contributed by atoms with Gasteiger partial charge in [0, 0.05) is 31.5 Å². The fourth-order valence-electron chi connectivity index (χ4n) is 1.72. The Labute approximate surface area is 125 Å². The number of hydrogen-bond donors (Lipinski definition) is 3. The number of hydrogen-bond acceptors (Lipinski definition) is 4. The van der Waals surface area contributed by atoms with Crippen molar-refractivity contribution < 1.29 is 14.3 Å². The van der Waals surface area contributed by atoms with Crippen LogP contribution in [0.1, 0.15) is 23.7 Å². The van der Waals surface area contributed by atoms with Crippen LogP contribution in [0.4, 0.5) is 5.69 Å². The van der Waals surface area contributed by atoms with Crippen molar-refractivity contribution in [2.45, 2.75) is 13.3 Å². The lowest BCUT2D eigenvalue weighted by atomic mass is 10.2. The second-order valence-corrected chi connectivity index (χ2v) is 4.51. The van der Waals surface area contributed by atoms with Crippen LogP contribution >= 0.6 is 0 Å². The number of anilines is 1. The Morgan fingerprint density at radius 1 is 1.19 bits per heavy atom. The smallest absolute Gasteiger partial charge is 0.251 e. The fraction of sp³-hybridized carbons (Fsp3) is 0.467. The number of ether oxygens (including phenoxy) is 1. The van der Waals surface area contributed by atoms with Gasteiger partial charge >= 0.3 is 0 Å². The zero-order valence-corrected chi connectivity index (χ0v) is 12.6. The zero-order chi connectivity index (χ0) is 15.5. The van der Waals surface area contributed by atoms with Gasteiger partial charge in [-0.1, -0.05) is 0 Å². The Bertz CT molecular complexity index is 446. The van der Waals surface area contributed by atoms with Crippen LogP contribution in [0.25, 0.3) is 0 Å². The summed E-state index contributed by atoms with van der Waals surface area (Å²) in [5.74, 6) is -0.228. The molecular formula is C15H23N3O3.